The number of nitrogens with two attached hydrogens (primary N) is 1. The molecule has 1 aromatic rings. The van der Waals surface area contributed by atoms with Crippen molar-refractivity contribution < 1.29 is 14.7 Å². The number of rotatable bonds is 7. The van der Waals surface area contributed by atoms with Crippen molar-refractivity contribution in [2.45, 2.75) is 26.7 Å². The molecule has 0 aliphatic carbocycles. The minimum atomic E-state index is -0.895. The fraction of sp³-hybridized carbons (Fsp3) is 0.467. The largest absolute Gasteiger partial charge is 0.481 e. The first-order chi connectivity index (χ1) is 9.42. The molecule has 0 aliphatic heterocycles. The van der Waals surface area contributed by atoms with E-state index in [0.29, 0.717) is 23.7 Å². The van der Waals surface area contributed by atoms with Gasteiger partial charge in [-0.05, 0) is 30.0 Å². The number of carbonyl (C=O) groups is 2. The van der Waals surface area contributed by atoms with Gasteiger partial charge in [0.2, 0.25) is 5.91 Å². The lowest BCUT2D eigenvalue weighted by molar-refractivity contribution is -0.136. The molecule has 1 rings (SSSR count). The molecule has 0 spiro atoms. The summed E-state index contributed by atoms with van der Waals surface area (Å²) in [7, 11) is 0. The van der Waals surface area contributed by atoms with E-state index in [1.165, 1.54) is 0 Å². The van der Waals surface area contributed by atoms with Gasteiger partial charge in [-0.2, -0.15) is 0 Å². The van der Waals surface area contributed by atoms with E-state index < -0.39 is 5.97 Å². The highest BCUT2D eigenvalue weighted by atomic mass is 16.4. The van der Waals surface area contributed by atoms with E-state index in [2.05, 4.69) is 5.32 Å². The molecule has 0 saturated heterocycles. The van der Waals surface area contributed by atoms with Crippen LogP contribution in [0.1, 0.15) is 25.8 Å². The van der Waals surface area contributed by atoms with Crippen molar-refractivity contribution in [1.29, 1.82) is 0 Å². The minimum absolute atomic E-state index is 0.0595. The maximum Gasteiger partial charge on any atom is 0.307 e. The number of benzene rings is 1. The second kappa shape index (κ2) is 7.65. The molecule has 0 radical (unpaired) electrons. The van der Waals surface area contributed by atoms with Gasteiger partial charge in [-0.25, -0.2) is 0 Å². The molecule has 110 valence electrons. The SMILES string of the molecule is CC(C)CC(CN)C(=O)Nc1cccc(CC(=O)O)c1. The fourth-order valence-corrected chi connectivity index (χ4v) is 2.06. The van der Waals surface area contributed by atoms with E-state index in [1.54, 1.807) is 24.3 Å². The van der Waals surface area contributed by atoms with Crippen molar-refractivity contribution in [3.8, 4) is 0 Å². The summed E-state index contributed by atoms with van der Waals surface area (Å²) in [5.74, 6) is -0.840. The number of aliphatic carboxylic acids is 1. The van der Waals surface area contributed by atoms with Gasteiger partial charge in [0.1, 0.15) is 0 Å². The molecule has 1 atom stereocenters. The minimum Gasteiger partial charge on any atom is -0.481 e. The first-order valence-corrected chi connectivity index (χ1v) is 6.74. The Hall–Kier alpha value is -1.88. The van der Waals surface area contributed by atoms with Gasteiger partial charge in [-0.1, -0.05) is 26.0 Å². The number of carboxylic acids is 1. The second-order valence-corrected chi connectivity index (χ2v) is 5.32. The lowest BCUT2D eigenvalue weighted by atomic mass is 9.96. The van der Waals surface area contributed by atoms with Crippen molar-refractivity contribution in [3.05, 3.63) is 29.8 Å². The van der Waals surface area contributed by atoms with Crippen LogP contribution in [0.2, 0.25) is 0 Å². The molecular formula is C15H22N2O3. The maximum absolute atomic E-state index is 12.1. The first-order valence-electron chi connectivity index (χ1n) is 6.74. The molecule has 0 fully saturated rings. The van der Waals surface area contributed by atoms with Crippen LogP contribution >= 0.6 is 0 Å². The normalized spacial score (nSPS) is 12.2. The standard InChI is InChI=1S/C15H22N2O3/c1-10(2)6-12(9-16)15(20)17-13-5-3-4-11(7-13)8-14(18)19/h3-5,7,10,12H,6,8-9,16H2,1-2H3,(H,17,20)(H,18,19). The van der Waals surface area contributed by atoms with Crippen molar-refractivity contribution in [3.63, 3.8) is 0 Å². The van der Waals surface area contributed by atoms with Gasteiger partial charge in [0, 0.05) is 12.2 Å². The summed E-state index contributed by atoms with van der Waals surface area (Å²) >= 11 is 0. The summed E-state index contributed by atoms with van der Waals surface area (Å²) in [5, 5.41) is 11.6. The molecule has 5 heteroatoms. The molecule has 0 heterocycles. The Morgan fingerprint density at radius 1 is 1.35 bits per heavy atom. The average molecular weight is 278 g/mol. The quantitative estimate of drug-likeness (QED) is 0.710. The zero-order chi connectivity index (χ0) is 15.1. The van der Waals surface area contributed by atoms with E-state index >= 15 is 0 Å². The Bertz CT molecular complexity index is 472. The highest BCUT2D eigenvalue weighted by Crippen LogP contribution is 2.16. The molecule has 20 heavy (non-hydrogen) atoms. The molecule has 4 N–H and O–H groups in total. The van der Waals surface area contributed by atoms with E-state index in [4.69, 9.17) is 10.8 Å². The van der Waals surface area contributed by atoms with E-state index in [9.17, 15) is 9.59 Å². The van der Waals surface area contributed by atoms with E-state index in [-0.39, 0.29) is 18.2 Å². The van der Waals surface area contributed by atoms with Crippen LogP contribution in [0.5, 0.6) is 0 Å². The molecule has 1 amide bonds. The topological polar surface area (TPSA) is 92.4 Å². The van der Waals surface area contributed by atoms with Gasteiger partial charge in [0.25, 0.3) is 0 Å². The van der Waals surface area contributed by atoms with Crippen molar-refractivity contribution in [1.82, 2.24) is 0 Å². The monoisotopic (exact) mass is 278 g/mol. The first kappa shape index (κ1) is 16.2. The van der Waals surface area contributed by atoms with Gasteiger partial charge in [-0.3, -0.25) is 9.59 Å². The average Bonchev–Trinajstić information content (AvgIpc) is 2.35. The molecule has 0 aromatic heterocycles. The van der Waals surface area contributed by atoms with Gasteiger partial charge in [-0.15, -0.1) is 0 Å². The number of amides is 1. The molecule has 0 saturated carbocycles. The van der Waals surface area contributed by atoms with Crippen LogP contribution in [-0.2, 0) is 16.0 Å². The molecule has 0 bridgehead atoms. The van der Waals surface area contributed by atoms with Gasteiger partial charge < -0.3 is 16.2 Å². The number of carboxylic acid groups (broad SMARTS) is 1. The van der Waals surface area contributed by atoms with Gasteiger partial charge in [0.15, 0.2) is 0 Å². The number of hydrogen-bond donors (Lipinski definition) is 3. The van der Waals surface area contributed by atoms with E-state index in [0.717, 1.165) is 6.42 Å². The van der Waals surface area contributed by atoms with Gasteiger partial charge in [0.05, 0.1) is 12.3 Å². The number of carbonyl (C=O) groups excluding carboxylic acids is 1. The Morgan fingerprint density at radius 2 is 2.05 bits per heavy atom. The number of nitrogens with one attached hydrogen (secondary N) is 1. The third-order valence-corrected chi connectivity index (χ3v) is 2.96. The lowest BCUT2D eigenvalue weighted by Crippen LogP contribution is -2.30. The van der Waals surface area contributed by atoms with Crippen LogP contribution in [0, 0.1) is 11.8 Å². The van der Waals surface area contributed by atoms with Gasteiger partial charge >= 0.3 is 5.97 Å². The third-order valence-electron chi connectivity index (χ3n) is 2.96. The molecule has 1 unspecified atom stereocenters. The van der Waals surface area contributed by atoms with Crippen molar-refractivity contribution in [2.24, 2.45) is 17.6 Å². The summed E-state index contributed by atoms with van der Waals surface area (Å²) in [6.07, 6.45) is 0.674. The maximum atomic E-state index is 12.1. The predicted molar refractivity (Wildman–Crippen MR) is 78.4 cm³/mol. The Kier molecular flexibility index (Phi) is 6.18. The summed E-state index contributed by atoms with van der Waals surface area (Å²) < 4.78 is 0. The van der Waals surface area contributed by atoms with Crippen molar-refractivity contribution in [2.75, 3.05) is 11.9 Å². The third kappa shape index (κ3) is 5.40. The summed E-state index contributed by atoms with van der Waals surface area (Å²) in [4.78, 5) is 22.8. The number of anilines is 1. The van der Waals surface area contributed by atoms with Crippen LogP contribution in [0.3, 0.4) is 0 Å². The van der Waals surface area contributed by atoms with Crippen LogP contribution in [0.4, 0.5) is 5.69 Å². The highest BCUT2D eigenvalue weighted by molar-refractivity contribution is 5.92. The van der Waals surface area contributed by atoms with Crippen LogP contribution < -0.4 is 11.1 Å². The van der Waals surface area contributed by atoms with Crippen molar-refractivity contribution >= 4 is 17.6 Å². The lowest BCUT2D eigenvalue weighted by Gasteiger charge is -2.17. The Morgan fingerprint density at radius 3 is 2.60 bits per heavy atom. The Balaban J connectivity index is 2.71. The predicted octanol–water partition coefficient (Wildman–Crippen LogP) is 1.87. The molecule has 0 aliphatic rings. The molecular weight excluding hydrogens is 256 g/mol. The van der Waals surface area contributed by atoms with Crippen LogP contribution in [-0.4, -0.2) is 23.5 Å². The fourth-order valence-electron chi connectivity index (χ4n) is 2.06. The smallest absolute Gasteiger partial charge is 0.307 e. The second-order valence-electron chi connectivity index (χ2n) is 5.32. The molecule has 1 aromatic carbocycles. The molecule has 5 nitrogen and oxygen atoms in total. The van der Waals surface area contributed by atoms with E-state index in [1.807, 2.05) is 13.8 Å². The Labute approximate surface area is 119 Å². The van der Waals surface area contributed by atoms with Crippen LogP contribution in [0.25, 0.3) is 0 Å². The van der Waals surface area contributed by atoms with Crippen LogP contribution in [0.15, 0.2) is 24.3 Å². The summed E-state index contributed by atoms with van der Waals surface area (Å²) in [6, 6.07) is 6.87. The zero-order valence-electron chi connectivity index (χ0n) is 11.9. The zero-order valence-corrected chi connectivity index (χ0v) is 11.9. The highest BCUT2D eigenvalue weighted by Gasteiger charge is 2.18. The summed E-state index contributed by atoms with van der Waals surface area (Å²) in [6.45, 7) is 4.39. The number of hydrogen-bond acceptors (Lipinski definition) is 3. The summed E-state index contributed by atoms with van der Waals surface area (Å²) in [5.41, 5.74) is 6.90.